The van der Waals surface area contributed by atoms with Crippen molar-refractivity contribution in [3.05, 3.63) is 23.8 Å². The van der Waals surface area contributed by atoms with Gasteiger partial charge in [-0.05, 0) is 36.7 Å². The molecule has 0 unspecified atom stereocenters. The summed E-state index contributed by atoms with van der Waals surface area (Å²) in [6.07, 6.45) is 6.02. The number of ether oxygens (including phenoxy) is 2. The number of cyclic esters (lactones) is 1. The lowest BCUT2D eigenvalue weighted by atomic mass is 9.61. The van der Waals surface area contributed by atoms with Crippen molar-refractivity contribution >= 4 is 11.9 Å². The standard InChI is InChI=1S/C24H36O8/c1-5-13(2)22(27)32-24(30)21-16(10-15(4)23(24,28)29)7-6-14(3)19(21)9-8-18-11-17(25)12-20(26)31-18/h6-7,10,13-15,17-19,21,25,28-30H,5,8-9,11-12H2,1-4H3/t13-,14-,15+,17+,18+,19-,21-,24-/m0/s1. The third-order valence-corrected chi connectivity index (χ3v) is 7.41. The van der Waals surface area contributed by atoms with E-state index in [1.807, 2.05) is 26.0 Å². The average Bonchev–Trinajstić information content (AvgIpc) is 2.71. The Bertz CT molecular complexity index is 787. The van der Waals surface area contributed by atoms with E-state index in [0.717, 1.165) is 0 Å². The highest BCUT2D eigenvalue weighted by molar-refractivity contribution is 5.72. The molecule has 8 atom stereocenters. The minimum Gasteiger partial charge on any atom is -0.462 e. The molecule has 8 nitrogen and oxygen atoms in total. The highest BCUT2D eigenvalue weighted by Gasteiger charge is 2.65. The summed E-state index contributed by atoms with van der Waals surface area (Å²) in [6, 6.07) is 0. The Hall–Kier alpha value is -1.74. The monoisotopic (exact) mass is 452 g/mol. The van der Waals surface area contributed by atoms with Gasteiger partial charge in [-0.3, -0.25) is 9.59 Å². The van der Waals surface area contributed by atoms with Gasteiger partial charge in [-0.2, -0.15) is 0 Å². The molecule has 0 radical (unpaired) electrons. The molecule has 4 N–H and O–H groups in total. The van der Waals surface area contributed by atoms with Crippen LogP contribution in [0.3, 0.4) is 0 Å². The highest BCUT2D eigenvalue weighted by atomic mass is 16.7. The Morgan fingerprint density at radius 3 is 2.59 bits per heavy atom. The maximum atomic E-state index is 12.7. The van der Waals surface area contributed by atoms with Gasteiger partial charge in [0.25, 0.3) is 5.79 Å². The van der Waals surface area contributed by atoms with E-state index in [-0.39, 0.29) is 18.3 Å². The van der Waals surface area contributed by atoms with Gasteiger partial charge in [0.05, 0.1) is 24.4 Å². The lowest BCUT2D eigenvalue weighted by molar-refractivity contribution is -0.395. The summed E-state index contributed by atoms with van der Waals surface area (Å²) in [5.41, 5.74) is 0.680. The first-order valence-electron chi connectivity index (χ1n) is 11.6. The molecular weight excluding hydrogens is 416 g/mol. The largest absolute Gasteiger partial charge is 0.462 e. The van der Waals surface area contributed by atoms with Crippen molar-refractivity contribution in [1.29, 1.82) is 0 Å². The molecule has 1 fully saturated rings. The van der Waals surface area contributed by atoms with Crippen molar-refractivity contribution in [2.45, 2.75) is 83.6 Å². The van der Waals surface area contributed by atoms with Gasteiger partial charge in [-0.1, -0.05) is 45.9 Å². The number of rotatable bonds is 6. The molecule has 3 rings (SSSR count). The second-order valence-corrected chi connectivity index (χ2v) is 9.75. The SMILES string of the molecule is CC[C@H](C)C(=O)O[C@@]1(O)[C@H]2C(=C[C@@H](C)C1(O)O)C=C[C@H](C)[C@@H]2CC[C@@H]1C[C@@H](O)CC(=O)O1. The van der Waals surface area contributed by atoms with E-state index in [1.54, 1.807) is 19.9 Å². The van der Waals surface area contributed by atoms with Gasteiger partial charge in [0.1, 0.15) is 6.10 Å². The molecule has 2 aliphatic carbocycles. The number of esters is 2. The first-order chi connectivity index (χ1) is 14.9. The van der Waals surface area contributed by atoms with Crippen LogP contribution in [0.15, 0.2) is 23.8 Å². The van der Waals surface area contributed by atoms with Crippen molar-refractivity contribution in [3.8, 4) is 0 Å². The minimum absolute atomic E-state index is 0.0185. The van der Waals surface area contributed by atoms with Crippen molar-refractivity contribution in [2.75, 3.05) is 0 Å². The van der Waals surface area contributed by atoms with E-state index in [0.29, 0.717) is 31.3 Å². The number of fused-ring (bicyclic) bond motifs is 1. The Labute approximate surface area is 188 Å². The van der Waals surface area contributed by atoms with Crippen LogP contribution >= 0.6 is 0 Å². The number of hydrogen-bond acceptors (Lipinski definition) is 8. The van der Waals surface area contributed by atoms with Crippen LogP contribution in [-0.4, -0.2) is 56.1 Å². The number of aliphatic hydroxyl groups is 4. The normalized spacial score (nSPS) is 39.5. The molecule has 180 valence electrons. The quantitative estimate of drug-likeness (QED) is 0.354. The third-order valence-electron chi connectivity index (χ3n) is 7.41. The Kier molecular flexibility index (Phi) is 7.20. The van der Waals surface area contributed by atoms with E-state index in [2.05, 4.69) is 0 Å². The molecule has 0 saturated carbocycles. The number of carbonyl (C=O) groups excluding carboxylic acids is 2. The zero-order valence-electron chi connectivity index (χ0n) is 19.2. The first-order valence-corrected chi connectivity index (χ1v) is 11.6. The second kappa shape index (κ2) is 9.25. The molecule has 1 heterocycles. The third kappa shape index (κ3) is 4.51. The second-order valence-electron chi connectivity index (χ2n) is 9.75. The summed E-state index contributed by atoms with van der Waals surface area (Å²) in [7, 11) is 0. The van der Waals surface area contributed by atoms with E-state index < -0.39 is 53.5 Å². The average molecular weight is 453 g/mol. The van der Waals surface area contributed by atoms with Crippen molar-refractivity contribution in [3.63, 3.8) is 0 Å². The van der Waals surface area contributed by atoms with E-state index >= 15 is 0 Å². The van der Waals surface area contributed by atoms with Crippen molar-refractivity contribution in [2.24, 2.45) is 29.6 Å². The minimum atomic E-state index is -2.68. The van der Waals surface area contributed by atoms with Gasteiger partial charge in [0.15, 0.2) is 0 Å². The Morgan fingerprint density at radius 2 is 1.97 bits per heavy atom. The van der Waals surface area contributed by atoms with Crippen LogP contribution in [0, 0.1) is 29.6 Å². The van der Waals surface area contributed by atoms with Gasteiger partial charge in [0, 0.05) is 12.3 Å². The molecule has 0 aromatic carbocycles. The first kappa shape index (κ1) is 24.9. The smallest absolute Gasteiger partial charge is 0.311 e. The van der Waals surface area contributed by atoms with Gasteiger partial charge in [-0.15, -0.1) is 0 Å². The molecule has 0 aromatic rings. The van der Waals surface area contributed by atoms with Crippen LogP contribution in [0.5, 0.6) is 0 Å². The van der Waals surface area contributed by atoms with Gasteiger partial charge < -0.3 is 29.9 Å². The molecular formula is C24H36O8. The van der Waals surface area contributed by atoms with E-state index in [1.165, 1.54) is 0 Å². The molecule has 0 spiro atoms. The maximum absolute atomic E-state index is 12.7. The van der Waals surface area contributed by atoms with Crippen LogP contribution in [-0.2, 0) is 19.1 Å². The number of aliphatic hydroxyl groups excluding tert-OH is 1. The molecule has 3 aliphatic rings. The lowest BCUT2D eigenvalue weighted by Gasteiger charge is -2.53. The summed E-state index contributed by atoms with van der Waals surface area (Å²) >= 11 is 0. The molecule has 8 heteroatoms. The highest BCUT2D eigenvalue weighted by Crippen LogP contribution is 2.52. The van der Waals surface area contributed by atoms with Gasteiger partial charge in [0.2, 0.25) is 5.79 Å². The fourth-order valence-corrected chi connectivity index (χ4v) is 5.10. The zero-order chi connectivity index (χ0) is 23.8. The van der Waals surface area contributed by atoms with Crippen molar-refractivity contribution < 1.29 is 39.5 Å². The summed E-state index contributed by atoms with van der Waals surface area (Å²) in [4.78, 5) is 24.4. The van der Waals surface area contributed by atoms with E-state index in [4.69, 9.17) is 9.47 Å². The van der Waals surface area contributed by atoms with Crippen LogP contribution in [0.1, 0.15) is 59.8 Å². The Balaban J connectivity index is 1.92. The molecule has 1 aliphatic heterocycles. The summed E-state index contributed by atoms with van der Waals surface area (Å²) < 4.78 is 10.9. The predicted molar refractivity (Wildman–Crippen MR) is 115 cm³/mol. The van der Waals surface area contributed by atoms with Crippen molar-refractivity contribution in [1.82, 2.24) is 0 Å². The summed E-state index contributed by atoms with van der Waals surface area (Å²) in [5.74, 6) is -9.00. The summed E-state index contributed by atoms with van der Waals surface area (Å²) in [5, 5.41) is 43.4. The molecule has 0 aromatic heterocycles. The van der Waals surface area contributed by atoms with Gasteiger partial charge in [-0.25, -0.2) is 0 Å². The predicted octanol–water partition coefficient (Wildman–Crippen LogP) is 1.81. The van der Waals surface area contributed by atoms with E-state index in [9.17, 15) is 30.0 Å². The number of carbonyl (C=O) groups is 2. The van der Waals surface area contributed by atoms with Crippen LogP contribution in [0.2, 0.25) is 0 Å². The number of allylic oxidation sites excluding steroid dienone is 2. The number of hydrogen-bond donors (Lipinski definition) is 4. The molecule has 32 heavy (non-hydrogen) atoms. The fraction of sp³-hybridized carbons (Fsp3) is 0.750. The summed E-state index contributed by atoms with van der Waals surface area (Å²) in [6.45, 7) is 6.97. The maximum Gasteiger partial charge on any atom is 0.311 e. The van der Waals surface area contributed by atoms with Crippen LogP contribution in [0.4, 0.5) is 0 Å². The zero-order valence-corrected chi connectivity index (χ0v) is 19.2. The Morgan fingerprint density at radius 1 is 1.28 bits per heavy atom. The van der Waals surface area contributed by atoms with Crippen LogP contribution < -0.4 is 0 Å². The van der Waals surface area contributed by atoms with Gasteiger partial charge >= 0.3 is 11.9 Å². The topological polar surface area (TPSA) is 134 Å². The lowest BCUT2D eigenvalue weighted by Crippen LogP contribution is -2.68. The molecule has 0 amide bonds. The van der Waals surface area contributed by atoms with Crippen LogP contribution in [0.25, 0.3) is 0 Å². The molecule has 1 saturated heterocycles. The molecule has 0 bridgehead atoms. The fourth-order valence-electron chi connectivity index (χ4n) is 5.10.